The molecule has 0 aromatic heterocycles. The molecule has 1 aliphatic rings. The number of nitrogens with zero attached hydrogens (tertiary/aromatic N) is 2. The standard InChI is InChI=1S/C16H23FN2O4/c1-4-7-18(11-16(2,3)15-22-8-9-23-15)14-6-5-12(19(20)21)10-13(14)17/h5-6,10,15H,4,7-9,11H2,1-3H3. The molecule has 23 heavy (non-hydrogen) atoms. The Balaban J connectivity index is 2.22. The van der Waals surface area contributed by atoms with Crippen LogP contribution in [0.15, 0.2) is 18.2 Å². The first kappa shape index (κ1) is 17.6. The molecule has 7 heteroatoms. The minimum Gasteiger partial charge on any atom is -0.368 e. The molecule has 0 amide bonds. The maximum atomic E-state index is 14.3. The first-order valence-electron chi connectivity index (χ1n) is 7.77. The number of hydrogen-bond donors (Lipinski definition) is 0. The zero-order chi connectivity index (χ0) is 17.0. The molecule has 0 N–H and O–H groups in total. The minimum absolute atomic E-state index is 0.246. The second kappa shape index (κ2) is 7.23. The van der Waals surface area contributed by atoms with E-state index in [1.54, 1.807) is 0 Å². The van der Waals surface area contributed by atoms with Gasteiger partial charge in [-0.1, -0.05) is 20.8 Å². The van der Waals surface area contributed by atoms with Crippen LogP contribution in [0.2, 0.25) is 0 Å². The van der Waals surface area contributed by atoms with Crippen molar-refractivity contribution in [1.82, 2.24) is 0 Å². The summed E-state index contributed by atoms with van der Waals surface area (Å²) in [6, 6.07) is 3.76. The Morgan fingerprint density at radius 2 is 2.04 bits per heavy atom. The van der Waals surface area contributed by atoms with Gasteiger partial charge in [0, 0.05) is 24.6 Å². The van der Waals surface area contributed by atoms with Crippen molar-refractivity contribution in [3.05, 3.63) is 34.1 Å². The predicted molar refractivity (Wildman–Crippen MR) is 85.0 cm³/mol. The molecule has 6 nitrogen and oxygen atoms in total. The van der Waals surface area contributed by atoms with Gasteiger partial charge in [0.1, 0.15) is 0 Å². The Morgan fingerprint density at radius 1 is 1.39 bits per heavy atom. The molecule has 1 fully saturated rings. The van der Waals surface area contributed by atoms with Crippen molar-refractivity contribution in [1.29, 1.82) is 0 Å². The Hall–Kier alpha value is -1.73. The minimum atomic E-state index is -0.596. The summed E-state index contributed by atoms with van der Waals surface area (Å²) in [4.78, 5) is 12.1. The van der Waals surface area contributed by atoms with Crippen LogP contribution < -0.4 is 4.90 Å². The van der Waals surface area contributed by atoms with Gasteiger partial charge in [-0.3, -0.25) is 10.1 Å². The quantitative estimate of drug-likeness (QED) is 0.568. The van der Waals surface area contributed by atoms with Gasteiger partial charge in [-0.05, 0) is 12.5 Å². The second-order valence-corrected chi connectivity index (χ2v) is 6.38. The molecule has 0 bridgehead atoms. The third kappa shape index (κ3) is 4.17. The van der Waals surface area contributed by atoms with Crippen LogP contribution in [0.3, 0.4) is 0 Å². The highest BCUT2D eigenvalue weighted by Gasteiger charge is 2.36. The molecule has 0 unspecified atom stereocenters. The fourth-order valence-corrected chi connectivity index (χ4v) is 2.80. The summed E-state index contributed by atoms with van der Waals surface area (Å²) in [5.41, 5.74) is -0.215. The highest BCUT2D eigenvalue weighted by Crippen LogP contribution is 2.32. The van der Waals surface area contributed by atoms with Crippen molar-refractivity contribution in [2.75, 3.05) is 31.2 Å². The van der Waals surface area contributed by atoms with Gasteiger partial charge in [0.2, 0.25) is 0 Å². The van der Waals surface area contributed by atoms with Gasteiger partial charge in [0.15, 0.2) is 12.1 Å². The Kier molecular flexibility index (Phi) is 5.54. The summed E-state index contributed by atoms with van der Waals surface area (Å²) < 4.78 is 25.5. The number of ether oxygens (including phenoxy) is 2. The number of nitro benzene ring substituents is 1. The van der Waals surface area contributed by atoms with Gasteiger partial charge >= 0.3 is 0 Å². The fourth-order valence-electron chi connectivity index (χ4n) is 2.80. The smallest absolute Gasteiger partial charge is 0.272 e. The molecule has 1 aromatic rings. The molecule has 1 saturated heterocycles. The van der Waals surface area contributed by atoms with Crippen LogP contribution in [0.1, 0.15) is 27.2 Å². The Morgan fingerprint density at radius 3 is 2.57 bits per heavy atom. The third-order valence-electron chi connectivity index (χ3n) is 3.83. The van der Waals surface area contributed by atoms with E-state index < -0.39 is 10.7 Å². The van der Waals surface area contributed by atoms with Crippen LogP contribution >= 0.6 is 0 Å². The number of rotatable bonds is 7. The largest absolute Gasteiger partial charge is 0.368 e. The van der Waals surface area contributed by atoms with Crippen molar-refractivity contribution in [3.63, 3.8) is 0 Å². The summed E-state index contributed by atoms with van der Waals surface area (Å²) in [5, 5.41) is 10.8. The molecule has 2 rings (SSSR count). The van der Waals surface area contributed by atoms with E-state index in [1.807, 2.05) is 25.7 Å². The lowest BCUT2D eigenvalue weighted by molar-refractivity contribution is -0.385. The van der Waals surface area contributed by atoms with E-state index in [4.69, 9.17) is 9.47 Å². The van der Waals surface area contributed by atoms with Crippen LogP contribution in [-0.4, -0.2) is 37.5 Å². The van der Waals surface area contributed by atoms with E-state index in [-0.39, 0.29) is 17.4 Å². The van der Waals surface area contributed by atoms with Gasteiger partial charge < -0.3 is 14.4 Å². The molecule has 128 valence electrons. The van der Waals surface area contributed by atoms with E-state index in [2.05, 4.69) is 0 Å². The monoisotopic (exact) mass is 326 g/mol. The van der Waals surface area contributed by atoms with Crippen molar-refractivity contribution < 1.29 is 18.8 Å². The summed E-state index contributed by atoms with van der Waals surface area (Å²) >= 11 is 0. The molecular weight excluding hydrogens is 303 g/mol. The van der Waals surface area contributed by atoms with Crippen molar-refractivity contribution in [2.45, 2.75) is 33.5 Å². The molecule has 0 atom stereocenters. The summed E-state index contributed by atoms with van der Waals surface area (Å²) in [5.74, 6) is -0.586. The van der Waals surface area contributed by atoms with Crippen LogP contribution in [-0.2, 0) is 9.47 Å². The van der Waals surface area contributed by atoms with Crippen molar-refractivity contribution >= 4 is 11.4 Å². The summed E-state index contributed by atoms with van der Waals surface area (Å²) in [7, 11) is 0. The number of hydrogen-bond acceptors (Lipinski definition) is 5. The number of benzene rings is 1. The Labute approximate surface area is 135 Å². The first-order valence-corrected chi connectivity index (χ1v) is 7.77. The Bertz CT molecular complexity index is 559. The first-order chi connectivity index (χ1) is 10.8. The van der Waals surface area contributed by atoms with Gasteiger partial charge in [-0.15, -0.1) is 0 Å². The predicted octanol–water partition coefficient (Wildman–Crippen LogP) is 3.35. The maximum Gasteiger partial charge on any atom is 0.272 e. The molecule has 0 saturated carbocycles. The van der Waals surface area contributed by atoms with Crippen LogP contribution in [0.5, 0.6) is 0 Å². The molecule has 1 heterocycles. The van der Waals surface area contributed by atoms with Crippen LogP contribution in [0.4, 0.5) is 15.8 Å². The molecule has 0 aliphatic carbocycles. The number of non-ortho nitro benzene ring substituents is 1. The van der Waals surface area contributed by atoms with Gasteiger partial charge in [0.25, 0.3) is 5.69 Å². The van der Waals surface area contributed by atoms with Crippen LogP contribution in [0, 0.1) is 21.3 Å². The normalized spacial score (nSPS) is 15.8. The summed E-state index contributed by atoms with van der Waals surface area (Å²) in [6.45, 7) is 8.32. The average molecular weight is 326 g/mol. The third-order valence-corrected chi connectivity index (χ3v) is 3.83. The molecule has 0 spiro atoms. The average Bonchev–Trinajstić information content (AvgIpc) is 3.01. The van der Waals surface area contributed by atoms with Crippen molar-refractivity contribution in [3.8, 4) is 0 Å². The molecule has 1 aromatic carbocycles. The lowest BCUT2D eigenvalue weighted by Crippen LogP contribution is -2.43. The molecule has 0 radical (unpaired) electrons. The van der Waals surface area contributed by atoms with E-state index in [0.717, 1.165) is 12.5 Å². The van der Waals surface area contributed by atoms with Crippen LogP contribution in [0.25, 0.3) is 0 Å². The zero-order valence-electron chi connectivity index (χ0n) is 13.8. The lowest BCUT2D eigenvalue weighted by atomic mass is 9.91. The van der Waals surface area contributed by atoms with Gasteiger partial charge in [-0.2, -0.15) is 0 Å². The van der Waals surface area contributed by atoms with Gasteiger partial charge in [0.05, 0.1) is 29.9 Å². The summed E-state index contributed by atoms with van der Waals surface area (Å²) in [6.07, 6.45) is 0.502. The second-order valence-electron chi connectivity index (χ2n) is 6.38. The highest BCUT2D eigenvalue weighted by atomic mass is 19.1. The number of anilines is 1. The highest BCUT2D eigenvalue weighted by molar-refractivity contribution is 5.52. The van der Waals surface area contributed by atoms with E-state index in [1.165, 1.54) is 12.1 Å². The van der Waals surface area contributed by atoms with E-state index in [9.17, 15) is 14.5 Å². The number of halogens is 1. The van der Waals surface area contributed by atoms with Gasteiger partial charge in [-0.25, -0.2) is 4.39 Å². The lowest BCUT2D eigenvalue weighted by Gasteiger charge is -2.36. The fraction of sp³-hybridized carbons (Fsp3) is 0.625. The molecular formula is C16H23FN2O4. The number of nitro groups is 1. The zero-order valence-corrected chi connectivity index (χ0v) is 13.8. The topological polar surface area (TPSA) is 64.8 Å². The van der Waals surface area contributed by atoms with Crippen molar-refractivity contribution in [2.24, 2.45) is 5.41 Å². The molecule has 1 aliphatic heterocycles. The van der Waals surface area contributed by atoms with E-state index >= 15 is 0 Å². The SMILES string of the molecule is CCCN(CC(C)(C)C1OCCO1)c1ccc([N+](=O)[O-])cc1F. The maximum absolute atomic E-state index is 14.3. The van der Waals surface area contributed by atoms with E-state index in [0.29, 0.717) is 32.0 Å².